The van der Waals surface area contributed by atoms with Gasteiger partial charge in [-0.3, -0.25) is 9.59 Å². The van der Waals surface area contributed by atoms with Crippen LogP contribution in [-0.4, -0.2) is 54.7 Å². The Morgan fingerprint density at radius 3 is 2.05 bits per heavy atom. The number of rotatable bonds is 8. The third kappa shape index (κ3) is 8.09. The van der Waals surface area contributed by atoms with E-state index in [9.17, 15) is 9.59 Å². The van der Waals surface area contributed by atoms with E-state index in [0.29, 0.717) is 18.1 Å². The molecule has 1 heterocycles. The van der Waals surface area contributed by atoms with Crippen molar-refractivity contribution in [3.8, 4) is 22.8 Å². The molecule has 3 aromatic carbocycles. The number of aldehydes is 1. The van der Waals surface area contributed by atoms with E-state index in [1.807, 2.05) is 91.8 Å². The lowest BCUT2D eigenvalue weighted by Crippen LogP contribution is -2.35. The summed E-state index contributed by atoms with van der Waals surface area (Å²) >= 11 is 0. The quantitative estimate of drug-likeness (QED) is 0.289. The van der Waals surface area contributed by atoms with Crippen LogP contribution in [0.15, 0.2) is 77.3 Å². The van der Waals surface area contributed by atoms with E-state index in [-0.39, 0.29) is 5.41 Å². The number of carboxylic acids is 1. The Morgan fingerprint density at radius 1 is 0.974 bits per heavy atom. The molecule has 0 aliphatic heterocycles. The Labute approximate surface area is 229 Å². The van der Waals surface area contributed by atoms with E-state index in [1.54, 1.807) is 7.05 Å². The fourth-order valence-electron chi connectivity index (χ4n) is 3.76. The van der Waals surface area contributed by atoms with E-state index < -0.39 is 12.0 Å². The van der Waals surface area contributed by atoms with Gasteiger partial charge in [-0.05, 0) is 54.3 Å². The molecule has 204 valence electrons. The maximum atomic E-state index is 11.1. The Hall–Kier alpha value is -4.30. The molecule has 0 spiro atoms. The van der Waals surface area contributed by atoms with E-state index in [1.165, 1.54) is 5.56 Å². The summed E-state index contributed by atoms with van der Waals surface area (Å²) in [7, 11) is 5.61. The number of hydrogen-bond acceptors (Lipinski definition) is 7. The highest BCUT2D eigenvalue weighted by Crippen LogP contribution is 2.25. The predicted octanol–water partition coefficient (Wildman–Crippen LogP) is 5.48. The molecule has 39 heavy (non-hydrogen) atoms. The maximum absolute atomic E-state index is 11.1. The molecule has 0 aliphatic rings. The summed E-state index contributed by atoms with van der Waals surface area (Å²) in [5.74, 6) is 0.0850. The average molecular weight is 529 g/mol. The van der Waals surface area contributed by atoms with Gasteiger partial charge < -0.3 is 19.8 Å². The largest absolute Gasteiger partial charge is 0.480 e. The van der Waals surface area contributed by atoms with Crippen molar-refractivity contribution in [2.24, 2.45) is 0 Å². The van der Waals surface area contributed by atoms with Crippen LogP contribution >= 0.6 is 0 Å². The van der Waals surface area contributed by atoms with Crippen LogP contribution in [0.5, 0.6) is 0 Å². The summed E-state index contributed by atoms with van der Waals surface area (Å²) in [5.41, 5.74) is 5.85. The molecular formula is C31H36N4O4. The van der Waals surface area contributed by atoms with Gasteiger partial charge in [-0.25, -0.2) is 0 Å². The number of anilines is 1. The Bertz CT molecular complexity index is 1350. The van der Waals surface area contributed by atoms with Crippen molar-refractivity contribution in [1.29, 1.82) is 0 Å². The summed E-state index contributed by atoms with van der Waals surface area (Å²) in [6, 6.07) is 22.5. The molecule has 0 bridgehead atoms. The smallest absolute Gasteiger partial charge is 0.321 e. The fourth-order valence-corrected chi connectivity index (χ4v) is 3.76. The number of aliphatic carboxylic acids is 1. The average Bonchev–Trinajstić information content (AvgIpc) is 3.42. The lowest BCUT2D eigenvalue weighted by molar-refractivity contribution is -0.139. The van der Waals surface area contributed by atoms with Crippen LogP contribution in [0.4, 0.5) is 5.69 Å². The molecule has 8 heteroatoms. The van der Waals surface area contributed by atoms with Crippen LogP contribution in [-0.2, 0) is 16.6 Å². The van der Waals surface area contributed by atoms with Crippen LogP contribution in [0, 0.1) is 0 Å². The monoisotopic (exact) mass is 528 g/mol. The van der Waals surface area contributed by atoms with Gasteiger partial charge in [0.15, 0.2) is 0 Å². The number of aromatic nitrogens is 2. The molecule has 1 atom stereocenters. The first kappa shape index (κ1) is 29.3. The summed E-state index contributed by atoms with van der Waals surface area (Å²) in [6.45, 7) is 6.47. The molecule has 0 aliphatic carbocycles. The molecule has 1 aromatic heterocycles. The molecule has 4 aromatic rings. The normalized spacial score (nSPS) is 11.7. The van der Waals surface area contributed by atoms with Gasteiger partial charge >= 0.3 is 5.97 Å². The van der Waals surface area contributed by atoms with Crippen molar-refractivity contribution in [2.45, 2.75) is 38.6 Å². The Kier molecular flexibility index (Phi) is 9.73. The molecule has 1 unspecified atom stereocenters. The second kappa shape index (κ2) is 13.0. The number of hydrogen-bond donors (Lipinski definition) is 2. The zero-order valence-corrected chi connectivity index (χ0v) is 23.3. The Balaban J connectivity index is 0.000000293. The maximum Gasteiger partial charge on any atom is 0.321 e. The van der Waals surface area contributed by atoms with E-state index in [2.05, 4.69) is 36.2 Å². The minimum Gasteiger partial charge on any atom is -0.480 e. The molecule has 0 radical (unpaired) electrons. The molecule has 0 amide bonds. The van der Waals surface area contributed by atoms with Gasteiger partial charge in [-0.1, -0.05) is 74.5 Å². The van der Waals surface area contributed by atoms with Crippen LogP contribution in [0.1, 0.15) is 42.3 Å². The third-order valence-electron chi connectivity index (χ3n) is 6.27. The minimum atomic E-state index is -0.871. The van der Waals surface area contributed by atoms with Gasteiger partial charge in [0, 0.05) is 36.5 Å². The van der Waals surface area contributed by atoms with Crippen LogP contribution in [0.3, 0.4) is 0 Å². The zero-order chi connectivity index (χ0) is 28.6. The number of carbonyl (C=O) groups is 2. The molecular weight excluding hydrogens is 492 g/mol. The predicted molar refractivity (Wildman–Crippen MR) is 154 cm³/mol. The summed E-state index contributed by atoms with van der Waals surface area (Å²) < 4.78 is 5.39. The zero-order valence-electron chi connectivity index (χ0n) is 23.3. The lowest BCUT2D eigenvalue weighted by atomic mass is 9.87. The summed E-state index contributed by atoms with van der Waals surface area (Å²) in [4.78, 5) is 28.0. The molecule has 0 saturated carbocycles. The van der Waals surface area contributed by atoms with E-state index >= 15 is 0 Å². The first-order valence-corrected chi connectivity index (χ1v) is 12.7. The number of nitrogens with zero attached hydrogens (tertiary/aromatic N) is 3. The second-order valence-corrected chi connectivity index (χ2v) is 10.4. The molecule has 8 nitrogen and oxygen atoms in total. The van der Waals surface area contributed by atoms with Crippen molar-refractivity contribution < 1.29 is 19.2 Å². The van der Waals surface area contributed by atoms with Crippen molar-refractivity contribution in [2.75, 3.05) is 26.0 Å². The van der Waals surface area contributed by atoms with E-state index in [0.717, 1.165) is 34.2 Å². The number of carbonyl (C=O) groups excluding carboxylic acids is 1. The van der Waals surface area contributed by atoms with E-state index in [4.69, 9.17) is 9.63 Å². The van der Waals surface area contributed by atoms with Crippen molar-refractivity contribution in [3.05, 3.63) is 89.5 Å². The highest BCUT2D eigenvalue weighted by molar-refractivity contribution is 5.75. The number of nitrogens with one attached hydrogen (secondary N) is 1. The van der Waals surface area contributed by atoms with Crippen molar-refractivity contribution in [1.82, 2.24) is 15.5 Å². The number of likely N-dealkylation sites (N-methyl/N-ethyl adjacent to an activating group) is 1. The van der Waals surface area contributed by atoms with Gasteiger partial charge in [-0.15, -0.1) is 0 Å². The van der Waals surface area contributed by atoms with Crippen LogP contribution in [0.25, 0.3) is 22.8 Å². The fraction of sp³-hybridized carbons (Fsp3) is 0.290. The van der Waals surface area contributed by atoms with Crippen molar-refractivity contribution in [3.63, 3.8) is 0 Å². The first-order chi connectivity index (χ1) is 18.5. The van der Waals surface area contributed by atoms with Crippen LogP contribution < -0.4 is 10.2 Å². The van der Waals surface area contributed by atoms with Gasteiger partial charge in [-0.2, -0.15) is 4.98 Å². The number of carboxylic acid groups (broad SMARTS) is 1. The SMILES string of the molecule is CC(C)(C)c1ccc(C=O)cc1.CNC(Cc1ccc(-c2noc(-c3ccc(N(C)C)cc3)n2)cc1)C(=O)O. The highest BCUT2D eigenvalue weighted by Gasteiger charge is 2.16. The number of benzene rings is 3. The summed E-state index contributed by atoms with van der Waals surface area (Å²) in [6.07, 6.45) is 1.27. The molecule has 4 rings (SSSR count). The van der Waals surface area contributed by atoms with Gasteiger partial charge in [0.25, 0.3) is 5.89 Å². The van der Waals surface area contributed by atoms with Gasteiger partial charge in [0.2, 0.25) is 5.82 Å². The minimum absolute atomic E-state index is 0.168. The van der Waals surface area contributed by atoms with Crippen molar-refractivity contribution >= 4 is 17.9 Å². The lowest BCUT2D eigenvalue weighted by Gasteiger charge is -2.18. The topological polar surface area (TPSA) is 109 Å². The standard InChI is InChI=1S/C20H22N4O3.C11H14O/c1-21-17(20(25)26)12-13-4-6-14(7-5-13)18-22-19(27-23-18)15-8-10-16(11-9-15)24(2)3;1-11(2,3)10-6-4-9(8-12)5-7-10/h4-11,17,21H,12H2,1-3H3,(H,25,26);4-8H,1-3H3. The Morgan fingerprint density at radius 2 is 1.56 bits per heavy atom. The van der Waals surface area contributed by atoms with Gasteiger partial charge in [0.05, 0.1) is 0 Å². The van der Waals surface area contributed by atoms with Gasteiger partial charge in [0.1, 0.15) is 12.3 Å². The second-order valence-electron chi connectivity index (χ2n) is 10.4. The first-order valence-electron chi connectivity index (χ1n) is 12.7. The molecule has 2 N–H and O–H groups in total. The van der Waals surface area contributed by atoms with Crippen LogP contribution in [0.2, 0.25) is 0 Å². The molecule has 0 fully saturated rings. The summed E-state index contributed by atoms with van der Waals surface area (Å²) in [5, 5.41) is 16.0. The highest BCUT2D eigenvalue weighted by atomic mass is 16.5. The molecule has 0 saturated heterocycles. The third-order valence-corrected chi connectivity index (χ3v) is 6.27.